The number of hydrogen-bond donors (Lipinski definition) is 0. The summed E-state index contributed by atoms with van der Waals surface area (Å²) >= 11 is 0. The molecule has 0 aliphatic carbocycles. The van der Waals surface area contributed by atoms with Crippen molar-refractivity contribution in [3.63, 3.8) is 0 Å². The van der Waals surface area contributed by atoms with Crippen molar-refractivity contribution in [2.75, 3.05) is 7.11 Å². The summed E-state index contributed by atoms with van der Waals surface area (Å²) in [5, 5.41) is 0. The maximum absolute atomic E-state index is 10.9. The second-order valence-electron chi connectivity index (χ2n) is 2.19. The normalized spacial score (nSPS) is 8.67. The van der Waals surface area contributed by atoms with Crippen LogP contribution in [0.4, 0.5) is 0 Å². The Hall–Kier alpha value is -1.75. The summed E-state index contributed by atoms with van der Waals surface area (Å²) in [7, 11) is 1.33. The molecule has 0 saturated heterocycles. The first-order valence-electron chi connectivity index (χ1n) is 3.39. The summed E-state index contributed by atoms with van der Waals surface area (Å²) in [6, 6.07) is 6.48. The average molecular weight is 159 g/mol. The summed E-state index contributed by atoms with van der Waals surface area (Å²) in [4.78, 5) is 10.9. The molecular weight excluding hydrogens is 152 g/mol. The molecule has 0 aliphatic rings. The fourth-order valence-electron chi connectivity index (χ4n) is 0.807. The highest BCUT2D eigenvalue weighted by Gasteiger charge is 2.02. The maximum Gasteiger partial charge on any atom is 0.337 e. The Labute approximate surface area is 71.2 Å². The van der Waals surface area contributed by atoms with Crippen LogP contribution in [0.25, 0.3) is 0 Å². The zero-order valence-corrected chi connectivity index (χ0v) is 6.63. The van der Waals surface area contributed by atoms with Gasteiger partial charge in [-0.1, -0.05) is 5.92 Å². The largest absolute Gasteiger partial charge is 0.465 e. The van der Waals surface area contributed by atoms with Crippen LogP contribution < -0.4 is 0 Å². The molecule has 1 aromatic rings. The van der Waals surface area contributed by atoms with Crippen LogP contribution in [0.1, 0.15) is 15.9 Å². The number of hydrogen-bond acceptors (Lipinski definition) is 2. The van der Waals surface area contributed by atoms with Gasteiger partial charge in [0.15, 0.2) is 0 Å². The van der Waals surface area contributed by atoms with Crippen LogP contribution in [-0.2, 0) is 4.74 Å². The fraction of sp³-hybridized carbons (Fsp3) is 0.100. The van der Waals surface area contributed by atoms with Gasteiger partial charge in [0.2, 0.25) is 0 Å². The first-order valence-corrected chi connectivity index (χ1v) is 3.39. The summed E-state index contributed by atoms with van der Waals surface area (Å²) in [6.45, 7) is 0. The number of esters is 1. The van der Waals surface area contributed by atoms with E-state index < -0.39 is 0 Å². The van der Waals surface area contributed by atoms with Crippen LogP contribution in [0.5, 0.6) is 0 Å². The standard InChI is InChI=1S/C10H7O2/c1-3-8-4-6-9(7-5-8)10(11)12-2/h4-7H,2H3. The van der Waals surface area contributed by atoms with Gasteiger partial charge in [0.1, 0.15) is 0 Å². The van der Waals surface area contributed by atoms with Crippen molar-refractivity contribution >= 4 is 5.97 Å². The molecule has 2 nitrogen and oxygen atoms in total. The quantitative estimate of drug-likeness (QED) is 0.457. The van der Waals surface area contributed by atoms with E-state index in [0.29, 0.717) is 11.1 Å². The van der Waals surface area contributed by atoms with Crippen LogP contribution >= 0.6 is 0 Å². The molecular formula is C10H7O2. The summed E-state index contributed by atoms with van der Waals surface area (Å²) in [6.07, 6.45) is 6.80. The summed E-state index contributed by atoms with van der Waals surface area (Å²) < 4.78 is 4.50. The van der Waals surface area contributed by atoms with Gasteiger partial charge in [0.25, 0.3) is 0 Å². The molecule has 1 rings (SSSR count). The van der Waals surface area contributed by atoms with Crippen molar-refractivity contribution in [3.05, 3.63) is 41.8 Å². The number of carbonyl (C=O) groups excluding carboxylic acids is 1. The first-order chi connectivity index (χ1) is 5.77. The molecule has 0 bridgehead atoms. The molecule has 0 amide bonds. The minimum atomic E-state index is -0.369. The molecule has 59 valence electrons. The van der Waals surface area contributed by atoms with Gasteiger partial charge in [0.05, 0.1) is 12.7 Å². The second-order valence-corrected chi connectivity index (χ2v) is 2.19. The number of benzene rings is 1. The van der Waals surface area contributed by atoms with Gasteiger partial charge >= 0.3 is 5.97 Å². The van der Waals surface area contributed by atoms with Crippen molar-refractivity contribution in [1.29, 1.82) is 0 Å². The minimum Gasteiger partial charge on any atom is -0.465 e. The molecule has 0 aromatic heterocycles. The molecule has 0 atom stereocenters. The van der Waals surface area contributed by atoms with Gasteiger partial charge in [-0.15, -0.1) is 0 Å². The number of rotatable bonds is 1. The highest BCUT2D eigenvalue weighted by Crippen LogP contribution is 2.03. The Morgan fingerprint density at radius 3 is 2.42 bits per heavy atom. The average Bonchev–Trinajstić information content (AvgIpc) is 2.17. The predicted molar refractivity (Wildman–Crippen MR) is 44.0 cm³/mol. The zero-order valence-electron chi connectivity index (χ0n) is 6.63. The van der Waals surface area contributed by atoms with E-state index in [1.54, 1.807) is 24.3 Å². The van der Waals surface area contributed by atoms with Crippen molar-refractivity contribution in [3.8, 4) is 5.92 Å². The second kappa shape index (κ2) is 3.59. The molecule has 0 heterocycles. The molecule has 1 radical (unpaired) electrons. The van der Waals surface area contributed by atoms with Crippen molar-refractivity contribution < 1.29 is 9.53 Å². The Bertz CT molecular complexity index is 317. The highest BCUT2D eigenvalue weighted by molar-refractivity contribution is 5.89. The van der Waals surface area contributed by atoms with Crippen LogP contribution in [0.3, 0.4) is 0 Å². The molecule has 0 aliphatic heterocycles. The van der Waals surface area contributed by atoms with Gasteiger partial charge in [0, 0.05) is 5.56 Å². The van der Waals surface area contributed by atoms with Crippen LogP contribution in [-0.4, -0.2) is 13.1 Å². The SMILES string of the molecule is [C]#Cc1ccc(C(=O)OC)cc1. The van der Waals surface area contributed by atoms with Crippen LogP contribution in [0.2, 0.25) is 0 Å². The van der Waals surface area contributed by atoms with Gasteiger partial charge in [-0.05, 0) is 30.7 Å². The molecule has 12 heavy (non-hydrogen) atoms. The Balaban J connectivity index is 2.94. The summed E-state index contributed by atoms with van der Waals surface area (Å²) in [5.74, 6) is 1.84. The lowest BCUT2D eigenvalue weighted by molar-refractivity contribution is 0.0601. The van der Waals surface area contributed by atoms with E-state index in [1.807, 2.05) is 0 Å². The molecule has 0 N–H and O–H groups in total. The van der Waals surface area contributed by atoms with Gasteiger partial charge in [-0.2, -0.15) is 0 Å². The molecule has 2 heteroatoms. The molecule has 0 saturated carbocycles. The monoisotopic (exact) mass is 159 g/mol. The van der Waals surface area contributed by atoms with Gasteiger partial charge in [-0.3, -0.25) is 0 Å². The van der Waals surface area contributed by atoms with E-state index in [-0.39, 0.29) is 5.97 Å². The van der Waals surface area contributed by atoms with E-state index in [0.717, 1.165) is 0 Å². The van der Waals surface area contributed by atoms with Crippen LogP contribution in [0, 0.1) is 12.3 Å². The van der Waals surface area contributed by atoms with Gasteiger partial charge < -0.3 is 4.74 Å². The lowest BCUT2D eigenvalue weighted by Gasteiger charge is -1.97. The molecule has 0 fully saturated rings. The van der Waals surface area contributed by atoms with Crippen molar-refractivity contribution in [2.24, 2.45) is 0 Å². The Kier molecular flexibility index (Phi) is 2.49. The maximum atomic E-state index is 10.9. The van der Waals surface area contributed by atoms with E-state index in [1.165, 1.54) is 7.11 Å². The molecule has 0 unspecified atom stereocenters. The molecule has 0 spiro atoms. The van der Waals surface area contributed by atoms with E-state index >= 15 is 0 Å². The third-order valence-electron chi connectivity index (χ3n) is 1.45. The van der Waals surface area contributed by atoms with E-state index in [9.17, 15) is 4.79 Å². The first kappa shape index (κ1) is 8.35. The number of methoxy groups -OCH3 is 1. The lowest BCUT2D eigenvalue weighted by Crippen LogP contribution is -2.00. The smallest absolute Gasteiger partial charge is 0.337 e. The zero-order chi connectivity index (χ0) is 8.97. The molecule has 1 aromatic carbocycles. The highest BCUT2D eigenvalue weighted by atomic mass is 16.5. The van der Waals surface area contributed by atoms with Crippen LogP contribution in [0.15, 0.2) is 24.3 Å². The third kappa shape index (κ3) is 1.64. The third-order valence-corrected chi connectivity index (χ3v) is 1.45. The number of ether oxygens (including phenoxy) is 1. The summed E-state index contributed by atoms with van der Waals surface area (Å²) in [5.41, 5.74) is 1.12. The topological polar surface area (TPSA) is 26.3 Å². The number of carbonyl (C=O) groups is 1. The minimum absolute atomic E-state index is 0.369. The van der Waals surface area contributed by atoms with Crippen molar-refractivity contribution in [1.82, 2.24) is 0 Å². The van der Waals surface area contributed by atoms with Gasteiger partial charge in [-0.25, -0.2) is 4.79 Å². The lowest BCUT2D eigenvalue weighted by atomic mass is 10.1. The van der Waals surface area contributed by atoms with Crippen molar-refractivity contribution in [2.45, 2.75) is 0 Å². The Morgan fingerprint density at radius 1 is 1.42 bits per heavy atom. The predicted octanol–water partition coefficient (Wildman–Crippen LogP) is 1.41. The van der Waals surface area contributed by atoms with E-state index in [2.05, 4.69) is 10.7 Å². The fourth-order valence-corrected chi connectivity index (χ4v) is 0.807. The van der Waals surface area contributed by atoms with E-state index in [4.69, 9.17) is 6.42 Å². The Morgan fingerprint density at radius 2 is 2.00 bits per heavy atom.